The van der Waals surface area contributed by atoms with Gasteiger partial charge >= 0.3 is 0 Å². The second-order valence-corrected chi connectivity index (χ2v) is 6.25. The van der Waals surface area contributed by atoms with Crippen LogP contribution in [0.2, 0.25) is 0 Å². The summed E-state index contributed by atoms with van der Waals surface area (Å²) in [5.41, 5.74) is 3.51. The molecule has 6 nitrogen and oxygen atoms in total. The van der Waals surface area contributed by atoms with E-state index in [-0.39, 0.29) is 24.0 Å². The maximum atomic E-state index is 5.89. The van der Waals surface area contributed by atoms with Gasteiger partial charge in [-0.2, -0.15) is 0 Å². The van der Waals surface area contributed by atoms with E-state index in [1.807, 2.05) is 31.2 Å². The molecule has 0 fully saturated rings. The van der Waals surface area contributed by atoms with Crippen LogP contribution in [0, 0.1) is 13.8 Å². The largest absolute Gasteiger partial charge is 0.439 e. The molecular formula is C21H31IN4O2. The summed E-state index contributed by atoms with van der Waals surface area (Å²) in [4.78, 5) is 8.54. The van der Waals surface area contributed by atoms with Gasteiger partial charge in [0.25, 0.3) is 0 Å². The van der Waals surface area contributed by atoms with Gasteiger partial charge in [0, 0.05) is 45.6 Å². The molecule has 1 heterocycles. The van der Waals surface area contributed by atoms with Gasteiger partial charge in [-0.15, -0.1) is 24.0 Å². The van der Waals surface area contributed by atoms with Gasteiger partial charge in [-0.1, -0.05) is 6.07 Å². The van der Waals surface area contributed by atoms with Crippen LogP contribution in [0.25, 0.3) is 0 Å². The van der Waals surface area contributed by atoms with Crippen LogP contribution in [0.4, 0.5) is 0 Å². The highest BCUT2D eigenvalue weighted by Crippen LogP contribution is 2.22. The van der Waals surface area contributed by atoms with Crippen molar-refractivity contribution in [3.8, 4) is 11.6 Å². The second-order valence-electron chi connectivity index (χ2n) is 6.25. The summed E-state index contributed by atoms with van der Waals surface area (Å²) in [6.07, 6.45) is 2.70. The van der Waals surface area contributed by atoms with Crippen LogP contribution in [0.15, 0.2) is 41.5 Å². The van der Waals surface area contributed by atoms with E-state index in [4.69, 9.17) is 9.47 Å². The van der Waals surface area contributed by atoms with Gasteiger partial charge in [0.15, 0.2) is 5.96 Å². The maximum absolute atomic E-state index is 5.89. The lowest BCUT2D eigenvalue weighted by Crippen LogP contribution is -2.37. The zero-order valence-electron chi connectivity index (χ0n) is 17.1. The summed E-state index contributed by atoms with van der Waals surface area (Å²) >= 11 is 0. The average Bonchev–Trinajstić information content (AvgIpc) is 2.67. The fourth-order valence-electron chi connectivity index (χ4n) is 2.45. The molecule has 7 heteroatoms. The molecule has 2 rings (SSSR count). The number of nitrogens with one attached hydrogen (secondary N) is 2. The van der Waals surface area contributed by atoms with Crippen molar-refractivity contribution in [3.63, 3.8) is 0 Å². The molecule has 0 amide bonds. The Hall–Kier alpha value is -1.87. The molecule has 1 aromatic heterocycles. The fourth-order valence-corrected chi connectivity index (χ4v) is 2.45. The predicted molar refractivity (Wildman–Crippen MR) is 125 cm³/mol. The second kappa shape index (κ2) is 13.3. The Morgan fingerprint density at radius 3 is 2.64 bits per heavy atom. The van der Waals surface area contributed by atoms with Crippen molar-refractivity contribution in [3.05, 3.63) is 53.2 Å². The van der Waals surface area contributed by atoms with E-state index in [2.05, 4.69) is 40.5 Å². The Labute approximate surface area is 185 Å². The first-order valence-corrected chi connectivity index (χ1v) is 9.34. The molecule has 28 heavy (non-hydrogen) atoms. The molecule has 2 N–H and O–H groups in total. The molecule has 0 unspecified atom stereocenters. The average molecular weight is 498 g/mol. The van der Waals surface area contributed by atoms with Crippen molar-refractivity contribution in [2.24, 2.45) is 4.99 Å². The first-order chi connectivity index (χ1) is 13.1. The Kier molecular flexibility index (Phi) is 11.5. The van der Waals surface area contributed by atoms with E-state index < -0.39 is 0 Å². The van der Waals surface area contributed by atoms with Crippen LogP contribution >= 0.6 is 24.0 Å². The number of benzene rings is 1. The molecule has 0 radical (unpaired) electrons. The monoisotopic (exact) mass is 498 g/mol. The lowest BCUT2D eigenvalue weighted by atomic mass is 10.1. The number of aliphatic imine (C=N–C) groups is 1. The highest BCUT2D eigenvalue weighted by molar-refractivity contribution is 14.0. The topological polar surface area (TPSA) is 67.8 Å². The fraction of sp³-hybridized carbons (Fsp3) is 0.429. The third-order valence-corrected chi connectivity index (χ3v) is 4.15. The minimum atomic E-state index is 0. The molecule has 0 aliphatic heterocycles. The summed E-state index contributed by atoms with van der Waals surface area (Å²) < 4.78 is 11.2. The number of aryl methyl sites for hydroxylation is 2. The molecule has 0 aliphatic carbocycles. The standard InChI is InChI=1S/C21H30N4O2.HI/c1-5-26-12-6-10-24-21(22-4)25-15-18-9-11-23-20(14-18)27-19-8-7-16(2)17(3)13-19;/h7-9,11,13-14H,5-6,10,12,15H2,1-4H3,(H2,22,24,25);1H. The molecule has 2 aromatic rings. The molecule has 0 spiro atoms. The molecule has 1 aromatic carbocycles. The number of aromatic nitrogens is 1. The van der Waals surface area contributed by atoms with E-state index in [1.54, 1.807) is 13.2 Å². The van der Waals surface area contributed by atoms with Crippen molar-refractivity contribution < 1.29 is 9.47 Å². The zero-order chi connectivity index (χ0) is 19.5. The van der Waals surface area contributed by atoms with E-state index in [1.165, 1.54) is 11.1 Å². The molecule has 0 atom stereocenters. The lowest BCUT2D eigenvalue weighted by Gasteiger charge is -2.12. The van der Waals surface area contributed by atoms with Gasteiger partial charge < -0.3 is 20.1 Å². The lowest BCUT2D eigenvalue weighted by molar-refractivity contribution is 0.145. The van der Waals surface area contributed by atoms with Crippen LogP contribution in [0.5, 0.6) is 11.6 Å². The molecule has 0 saturated carbocycles. The SMILES string of the molecule is CCOCCCNC(=NC)NCc1ccnc(Oc2ccc(C)c(C)c2)c1.I. The maximum Gasteiger partial charge on any atom is 0.219 e. The Bertz CT molecular complexity index is 753. The van der Waals surface area contributed by atoms with Crippen LogP contribution in [0.1, 0.15) is 30.0 Å². The smallest absolute Gasteiger partial charge is 0.219 e. The third kappa shape index (κ3) is 8.43. The van der Waals surface area contributed by atoms with Crippen molar-refractivity contribution in [1.29, 1.82) is 0 Å². The number of guanidine groups is 1. The van der Waals surface area contributed by atoms with Crippen LogP contribution in [-0.4, -0.2) is 37.7 Å². The van der Waals surface area contributed by atoms with E-state index in [9.17, 15) is 0 Å². The van der Waals surface area contributed by atoms with Crippen molar-refractivity contribution in [1.82, 2.24) is 15.6 Å². The van der Waals surface area contributed by atoms with Gasteiger partial charge in [-0.05, 0) is 62.1 Å². The minimum Gasteiger partial charge on any atom is -0.439 e. The predicted octanol–water partition coefficient (Wildman–Crippen LogP) is 4.20. The van der Waals surface area contributed by atoms with Gasteiger partial charge in [-0.3, -0.25) is 4.99 Å². The molecule has 0 bridgehead atoms. The van der Waals surface area contributed by atoms with Crippen LogP contribution < -0.4 is 15.4 Å². The van der Waals surface area contributed by atoms with E-state index >= 15 is 0 Å². The Morgan fingerprint density at radius 1 is 1.11 bits per heavy atom. The molecule has 154 valence electrons. The number of rotatable bonds is 9. The Morgan fingerprint density at radius 2 is 1.93 bits per heavy atom. The summed E-state index contributed by atoms with van der Waals surface area (Å²) in [5.74, 6) is 2.14. The zero-order valence-corrected chi connectivity index (χ0v) is 19.4. The number of ether oxygens (including phenoxy) is 2. The first-order valence-electron chi connectivity index (χ1n) is 9.34. The first kappa shape index (κ1) is 24.2. The van der Waals surface area contributed by atoms with E-state index in [0.29, 0.717) is 12.4 Å². The normalized spacial score (nSPS) is 10.9. The van der Waals surface area contributed by atoms with Crippen molar-refractivity contribution in [2.75, 3.05) is 26.8 Å². The van der Waals surface area contributed by atoms with Crippen LogP contribution in [-0.2, 0) is 11.3 Å². The number of halogens is 1. The van der Waals surface area contributed by atoms with Crippen LogP contribution in [0.3, 0.4) is 0 Å². The number of pyridine rings is 1. The Balaban J connectivity index is 0.00000392. The van der Waals surface area contributed by atoms with Gasteiger partial charge in [-0.25, -0.2) is 4.98 Å². The summed E-state index contributed by atoms with van der Waals surface area (Å²) in [7, 11) is 1.76. The van der Waals surface area contributed by atoms with Gasteiger partial charge in [0.1, 0.15) is 5.75 Å². The van der Waals surface area contributed by atoms with Gasteiger partial charge in [0.05, 0.1) is 0 Å². The third-order valence-electron chi connectivity index (χ3n) is 4.15. The highest BCUT2D eigenvalue weighted by atomic mass is 127. The molecule has 0 aliphatic rings. The van der Waals surface area contributed by atoms with E-state index in [0.717, 1.165) is 43.5 Å². The summed E-state index contributed by atoms with van der Waals surface area (Å²) in [6.45, 7) is 9.12. The highest BCUT2D eigenvalue weighted by Gasteiger charge is 2.04. The number of hydrogen-bond donors (Lipinski definition) is 2. The van der Waals surface area contributed by atoms with Crippen molar-refractivity contribution in [2.45, 2.75) is 33.7 Å². The molecular weight excluding hydrogens is 467 g/mol. The number of nitrogens with zero attached hydrogens (tertiary/aromatic N) is 2. The summed E-state index contributed by atoms with van der Waals surface area (Å²) in [6, 6.07) is 9.93. The summed E-state index contributed by atoms with van der Waals surface area (Å²) in [5, 5.41) is 6.58. The number of hydrogen-bond acceptors (Lipinski definition) is 4. The molecule has 0 saturated heterocycles. The van der Waals surface area contributed by atoms with Crippen molar-refractivity contribution >= 4 is 29.9 Å². The minimum absolute atomic E-state index is 0. The van der Waals surface area contributed by atoms with Gasteiger partial charge in [0.2, 0.25) is 5.88 Å². The quantitative estimate of drug-likeness (QED) is 0.235.